The van der Waals surface area contributed by atoms with Crippen molar-refractivity contribution in [3.8, 4) is 28.3 Å². The van der Waals surface area contributed by atoms with Crippen molar-refractivity contribution in [2.75, 3.05) is 31.2 Å². The number of hydrogen-bond acceptors (Lipinski definition) is 7. The topological polar surface area (TPSA) is 91.0 Å². The SMILES string of the molecule is Cc1ccn(-c2ccc(F)cc2)c(=O)c1C(=O)Cc1ccc(Oc2ccnn3ccc(-c4ccnc(N5CCOCC5)c4)c23)c(F)c1. The minimum atomic E-state index is -0.662. The molecule has 0 spiro atoms. The van der Waals surface area contributed by atoms with Gasteiger partial charge in [0.2, 0.25) is 0 Å². The lowest BCUT2D eigenvalue weighted by Crippen LogP contribution is -2.36. The number of ketones is 1. The van der Waals surface area contributed by atoms with E-state index in [-0.39, 0.29) is 17.7 Å². The Bertz CT molecular complexity index is 2170. The molecule has 9 nitrogen and oxygen atoms in total. The quantitative estimate of drug-likeness (QED) is 0.185. The van der Waals surface area contributed by atoms with Gasteiger partial charge in [0.05, 0.1) is 25.0 Å². The van der Waals surface area contributed by atoms with E-state index < -0.39 is 23.0 Å². The third-order valence-electron chi connectivity index (χ3n) is 8.17. The first-order valence-corrected chi connectivity index (χ1v) is 15.1. The fraction of sp³-hybridized carbons (Fsp3) is 0.167. The van der Waals surface area contributed by atoms with Crippen LogP contribution < -0.4 is 15.2 Å². The minimum Gasteiger partial charge on any atom is -0.452 e. The number of hydrogen-bond donors (Lipinski definition) is 0. The summed E-state index contributed by atoms with van der Waals surface area (Å²) in [6, 6.07) is 18.9. The Hall–Kier alpha value is -5.68. The van der Waals surface area contributed by atoms with Gasteiger partial charge in [0, 0.05) is 55.4 Å². The van der Waals surface area contributed by atoms with Crippen molar-refractivity contribution in [2.45, 2.75) is 13.3 Å². The fourth-order valence-electron chi connectivity index (χ4n) is 5.78. The monoisotopic (exact) mass is 633 g/mol. The van der Waals surface area contributed by atoms with E-state index in [0.29, 0.717) is 41.3 Å². The normalized spacial score (nSPS) is 13.2. The maximum atomic E-state index is 15.5. The molecule has 0 bridgehead atoms. The summed E-state index contributed by atoms with van der Waals surface area (Å²) >= 11 is 0. The van der Waals surface area contributed by atoms with E-state index in [1.165, 1.54) is 47.2 Å². The lowest BCUT2D eigenvalue weighted by molar-refractivity contribution is 0.0990. The largest absolute Gasteiger partial charge is 0.452 e. The molecule has 1 saturated heterocycles. The zero-order valence-corrected chi connectivity index (χ0v) is 25.4. The summed E-state index contributed by atoms with van der Waals surface area (Å²) in [6.45, 7) is 4.46. The average Bonchev–Trinajstić information content (AvgIpc) is 3.52. The molecule has 0 atom stereocenters. The summed E-state index contributed by atoms with van der Waals surface area (Å²) in [6.07, 6.45) is 6.49. The minimum absolute atomic E-state index is 0.00890. The Balaban J connectivity index is 1.14. The molecule has 0 unspecified atom stereocenters. The fourth-order valence-corrected chi connectivity index (χ4v) is 5.78. The van der Waals surface area contributed by atoms with Crippen molar-refractivity contribution < 1.29 is 23.0 Å². The van der Waals surface area contributed by atoms with E-state index in [2.05, 4.69) is 15.0 Å². The number of carbonyl (C=O) groups excluding carboxylic acids is 1. The molecule has 0 amide bonds. The van der Waals surface area contributed by atoms with Gasteiger partial charge < -0.3 is 14.4 Å². The van der Waals surface area contributed by atoms with Crippen LogP contribution >= 0.6 is 0 Å². The molecule has 11 heteroatoms. The Morgan fingerprint density at radius 3 is 2.51 bits per heavy atom. The number of fused-ring (bicyclic) bond motifs is 1. The number of halogens is 2. The van der Waals surface area contributed by atoms with E-state index in [9.17, 15) is 14.0 Å². The molecule has 0 radical (unpaired) electrons. The summed E-state index contributed by atoms with van der Waals surface area (Å²) in [5.41, 5.74) is 3.17. The van der Waals surface area contributed by atoms with Crippen molar-refractivity contribution >= 4 is 17.1 Å². The summed E-state index contributed by atoms with van der Waals surface area (Å²) in [5.74, 6) is -0.347. The van der Waals surface area contributed by atoms with Crippen molar-refractivity contribution in [3.05, 3.63) is 136 Å². The second-order valence-electron chi connectivity index (χ2n) is 11.2. The lowest BCUT2D eigenvalue weighted by Gasteiger charge is -2.28. The van der Waals surface area contributed by atoms with E-state index in [1.54, 1.807) is 42.0 Å². The second kappa shape index (κ2) is 12.6. The van der Waals surface area contributed by atoms with Gasteiger partial charge in [-0.25, -0.2) is 18.3 Å². The van der Waals surface area contributed by atoms with Crippen molar-refractivity contribution in [1.82, 2.24) is 19.2 Å². The third-order valence-corrected chi connectivity index (χ3v) is 8.17. The molecular weight excluding hydrogens is 604 g/mol. The number of benzene rings is 2. The van der Waals surface area contributed by atoms with Crippen LogP contribution in [0.15, 0.2) is 102 Å². The number of nitrogens with zero attached hydrogens (tertiary/aromatic N) is 5. The summed E-state index contributed by atoms with van der Waals surface area (Å²) < 4.78 is 43.5. The van der Waals surface area contributed by atoms with Gasteiger partial charge in [0.25, 0.3) is 5.56 Å². The maximum absolute atomic E-state index is 15.5. The highest BCUT2D eigenvalue weighted by atomic mass is 19.1. The molecule has 7 rings (SSSR count). The molecule has 236 valence electrons. The summed E-state index contributed by atoms with van der Waals surface area (Å²) in [7, 11) is 0. The molecule has 2 aromatic carbocycles. The van der Waals surface area contributed by atoms with E-state index >= 15 is 4.39 Å². The number of anilines is 1. The molecule has 0 aliphatic carbocycles. The molecule has 0 N–H and O–H groups in total. The first-order chi connectivity index (χ1) is 22.9. The first-order valence-electron chi connectivity index (χ1n) is 15.1. The molecule has 1 aliphatic heterocycles. The Morgan fingerprint density at radius 2 is 1.72 bits per heavy atom. The number of aromatic nitrogens is 4. The van der Waals surface area contributed by atoms with Crippen LogP contribution in [0.1, 0.15) is 21.5 Å². The number of rotatable bonds is 8. The highest BCUT2D eigenvalue weighted by molar-refractivity contribution is 5.98. The standard InChI is InChI=1S/C36H29F2N5O4/c1-23-10-14-42(27-5-3-26(37)4-6-27)36(45)34(23)30(44)21-24-2-7-31(29(38)20-24)47-32-9-13-40-43-15-11-28(35(32)43)25-8-12-39-33(22-25)41-16-18-46-19-17-41/h2-15,20,22H,16-19,21H2,1H3. The number of aryl methyl sites for hydroxylation is 1. The van der Waals surface area contributed by atoms with Crippen LogP contribution in [0.2, 0.25) is 0 Å². The van der Waals surface area contributed by atoms with Gasteiger partial charge in [-0.05, 0) is 84.3 Å². The van der Waals surface area contributed by atoms with Crippen LogP contribution in [-0.2, 0) is 11.2 Å². The van der Waals surface area contributed by atoms with E-state index in [4.69, 9.17) is 9.47 Å². The highest BCUT2D eigenvalue weighted by Gasteiger charge is 2.20. The van der Waals surface area contributed by atoms with Crippen LogP contribution in [0, 0.1) is 18.6 Å². The zero-order valence-electron chi connectivity index (χ0n) is 25.4. The molecule has 0 saturated carbocycles. The smallest absolute Gasteiger partial charge is 0.266 e. The molecule has 1 fully saturated rings. The predicted octanol–water partition coefficient (Wildman–Crippen LogP) is 6.19. The van der Waals surface area contributed by atoms with Gasteiger partial charge in [-0.2, -0.15) is 5.10 Å². The van der Waals surface area contributed by atoms with Crippen LogP contribution in [0.25, 0.3) is 22.3 Å². The van der Waals surface area contributed by atoms with Crippen LogP contribution in [0.5, 0.6) is 11.5 Å². The lowest BCUT2D eigenvalue weighted by atomic mass is 10.0. The zero-order chi connectivity index (χ0) is 32.5. The number of Topliss-reactive ketones (excluding diaryl/α,β-unsaturated/α-hetero) is 1. The number of morpholine rings is 1. The van der Waals surface area contributed by atoms with Gasteiger partial charge in [0.15, 0.2) is 23.1 Å². The van der Waals surface area contributed by atoms with Gasteiger partial charge in [-0.3, -0.25) is 14.2 Å². The van der Waals surface area contributed by atoms with Crippen molar-refractivity contribution in [2.24, 2.45) is 0 Å². The highest BCUT2D eigenvalue weighted by Crippen LogP contribution is 2.36. The van der Waals surface area contributed by atoms with Crippen LogP contribution in [-0.4, -0.2) is 51.3 Å². The van der Waals surface area contributed by atoms with E-state index in [1.807, 2.05) is 24.4 Å². The molecule has 5 heterocycles. The number of pyridine rings is 2. The summed E-state index contributed by atoms with van der Waals surface area (Å²) in [4.78, 5) is 33.3. The number of ether oxygens (including phenoxy) is 2. The van der Waals surface area contributed by atoms with Gasteiger partial charge in [-0.1, -0.05) is 6.07 Å². The first kappa shape index (κ1) is 30.0. The van der Waals surface area contributed by atoms with Crippen molar-refractivity contribution in [3.63, 3.8) is 0 Å². The van der Waals surface area contributed by atoms with E-state index in [0.717, 1.165) is 30.0 Å². The van der Waals surface area contributed by atoms with Gasteiger partial charge in [-0.15, -0.1) is 0 Å². The Labute approximate surface area is 268 Å². The van der Waals surface area contributed by atoms with Crippen LogP contribution in [0.4, 0.5) is 14.6 Å². The van der Waals surface area contributed by atoms with Crippen LogP contribution in [0.3, 0.4) is 0 Å². The Morgan fingerprint density at radius 1 is 0.915 bits per heavy atom. The Kier molecular flexibility index (Phi) is 8.05. The molecular formula is C36H29F2N5O4. The summed E-state index contributed by atoms with van der Waals surface area (Å²) in [5, 5.41) is 4.40. The predicted molar refractivity (Wildman–Crippen MR) is 173 cm³/mol. The van der Waals surface area contributed by atoms with Gasteiger partial charge >= 0.3 is 0 Å². The molecule has 4 aromatic heterocycles. The van der Waals surface area contributed by atoms with Gasteiger partial charge in [0.1, 0.15) is 17.2 Å². The molecule has 47 heavy (non-hydrogen) atoms. The second-order valence-corrected chi connectivity index (χ2v) is 11.2. The maximum Gasteiger partial charge on any atom is 0.266 e. The third kappa shape index (κ3) is 6.00. The number of carbonyl (C=O) groups is 1. The van der Waals surface area contributed by atoms with Crippen molar-refractivity contribution in [1.29, 1.82) is 0 Å². The molecule has 6 aromatic rings. The molecule has 1 aliphatic rings. The average molecular weight is 634 g/mol.